The van der Waals surface area contributed by atoms with E-state index in [1.165, 1.54) is 25.7 Å². The molecule has 2 aromatic carbocycles. The molecule has 2 N–H and O–H groups in total. The number of hydrogen-bond donors (Lipinski definition) is 2. The second-order valence-corrected chi connectivity index (χ2v) is 15.9. The highest BCUT2D eigenvalue weighted by molar-refractivity contribution is 6.36. The second kappa shape index (κ2) is 17.1. The van der Waals surface area contributed by atoms with Crippen molar-refractivity contribution < 1.29 is 24.3 Å². The van der Waals surface area contributed by atoms with E-state index in [0.29, 0.717) is 57.4 Å². The van der Waals surface area contributed by atoms with Gasteiger partial charge in [-0.1, -0.05) is 82.0 Å². The van der Waals surface area contributed by atoms with Crippen LogP contribution in [-0.2, 0) is 32.0 Å². The standard InChI is InChI=1S/C41H57N5O5/c1-29(2)21-35-28-46(41(51)40(50)44(35)25-32-13-6-3-4-7-14-32)36(23-30-11-8-5-9-12-30)26-43-20-10-15-33(43)27-45-34(24-42-38(48)39(45)49)22-31-16-18-37(47)19-17-31/h5,8-9,11-12,16-19,29,32-36,47H,3-4,6-7,10,13-15,20-28H2,1-2H3,(H,42,48)/t33-,34-,35-,36-/m0/s1. The number of nitrogens with one attached hydrogen (secondary N) is 1. The number of aromatic hydroxyl groups is 1. The molecule has 0 bridgehead atoms. The molecule has 4 aliphatic rings. The Morgan fingerprint density at radius 3 is 2.16 bits per heavy atom. The normalized spacial score (nSPS) is 24.7. The van der Waals surface area contributed by atoms with Crippen molar-refractivity contribution in [2.24, 2.45) is 11.8 Å². The van der Waals surface area contributed by atoms with Crippen LogP contribution in [0.15, 0.2) is 54.6 Å². The maximum atomic E-state index is 14.2. The highest BCUT2D eigenvalue weighted by Crippen LogP contribution is 2.30. The zero-order valence-corrected chi connectivity index (χ0v) is 30.6. The molecule has 4 fully saturated rings. The molecule has 3 saturated heterocycles. The van der Waals surface area contributed by atoms with Crippen molar-refractivity contribution in [3.8, 4) is 5.75 Å². The van der Waals surface area contributed by atoms with Crippen LogP contribution >= 0.6 is 0 Å². The SMILES string of the molecule is CC(C)C[C@H]1CN([C@@H](Cc2ccccc2)CN2CCC[C@H]2CN2C(=O)C(=O)NC[C@@H]2Cc2ccc(O)cc2)C(=O)C(=O)N1CC1CCCCCC1. The summed E-state index contributed by atoms with van der Waals surface area (Å²) in [4.78, 5) is 62.2. The molecular formula is C41H57N5O5. The summed E-state index contributed by atoms with van der Waals surface area (Å²) in [5.41, 5.74) is 2.10. The van der Waals surface area contributed by atoms with Crippen LogP contribution in [0.2, 0.25) is 0 Å². The van der Waals surface area contributed by atoms with Gasteiger partial charge < -0.3 is 25.1 Å². The third-order valence-electron chi connectivity index (χ3n) is 11.6. The molecule has 4 atom stereocenters. The zero-order chi connectivity index (χ0) is 35.9. The van der Waals surface area contributed by atoms with Crippen LogP contribution in [0.1, 0.15) is 82.8 Å². The van der Waals surface area contributed by atoms with Crippen LogP contribution in [0.4, 0.5) is 0 Å². The second-order valence-electron chi connectivity index (χ2n) is 15.9. The number of benzene rings is 2. The highest BCUT2D eigenvalue weighted by Gasteiger charge is 2.44. The summed E-state index contributed by atoms with van der Waals surface area (Å²) in [6.45, 7) is 7.81. The van der Waals surface area contributed by atoms with Crippen molar-refractivity contribution in [3.05, 3.63) is 65.7 Å². The van der Waals surface area contributed by atoms with E-state index >= 15 is 0 Å². The monoisotopic (exact) mass is 699 g/mol. The molecule has 1 aliphatic carbocycles. The van der Waals surface area contributed by atoms with Gasteiger partial charge in [0.1, 0.15) is 5.75 Å². The van der Waals surface area contributed by atoms with Gasteiger partial charge in [-0.15, -0.1) is 0 Å². The number of amides is 4. The minimum atomic E-state index is -0.578. The predicted octanol–water partition coefficient (Wildman–Crippen LogP) is 4.39. The number of nitrogens with zero attached hydrogens (tertiary/aromatic N) is 4. The summed E-state index contributed by atoms with van der Waals surface area (Å²) in [6.07, 6.45) is 11.0. The molecule has 0 aromatic heterocycles. The fraction of sp³-hybridized carbons (Fsp3) is 0.610. The Morgan fingerprint density at radius 2 is 1.45 bits per heavy atom. The molecule has 0 spiro atoms. The number of likely N-dealkylation sites (tertiary alicyclic amines) is 1. The fourth-order valence-electron chi connectivity index (χ4n) is 8.95. The van der Waals surface area contributed by atoms with Gasteiger partial charge in [-0.3, -0.25) is 24.1 Å². The van der Waals surface area contributed by atoms with Crippen LogP contribution in [0, 0.1) is 11.8 Å². The first-order chi connectivity index (χ1) is 24.7. The first kappa shape index (κ1) is 36.9. The predicted molar refractivity (Wildman–Crippen MR) is 197 cm³/mol. The number of carbonyl (C=O) groups excluding carboxylic acids is 4. The lowest BCUT2D eigenvalue weighted by Crippen LogP contribution is -2.65. The summed E-state index contributed by atoms with van der Waals surface area (Å²) < 4.78 is 0. The van der Waals surface area contributed by atoms with E-state index in [2.05, 4.69) is 36.2 Å². The molecule has 3 aliphatic heterocycles. The number of phenols is 1. The summed E-state index contributed by atoms with van der Waals surface area (Å²) >= 11 is 0. The van der Waals surface area contributed by atoms with E-state index < -0.39 is 17.7 Å². The molecule has 10 heteroatoms. The van der Waals surface area contributed by atoms with Gasteiger partial charge in [-0.2, -0.15) is 0 Å². The Balaban J connectivity index is 1.22. The van der Waals surface area contributed by atoms with Crippen LogP contribution < -0.4 is 5.32 Å². The maximum absolute atomic E-state index is 14.2. The van der Waals surface area contributed by atoms with Crippen molar-refractivity contribution in [1.82, 2.24) is 24.9 Å². The third-order valence-corrected chi connectivity index (χ3v) is 11.6. The van der Waals surface area contributed by atoms with Gasteiger partial charge in [-0.05, 0) is 86.6 Å². The molecule has 0 radical (unpaired) electrons. The molecule has 51 heavy (non-hydrogen) atoms. The topological polar surface area (TPSA) is 113 Å². The summed E-state index contributed by atoms with van der Waals surface area (Å²) in [5.74, 6) is -0.809. The molecule has 3 heterocycles. The first-order valence-electron chi connectivity index (χ1n) is 19.4. The number of phenolic OH excluding ortho intramolecular Hbond substituents is 1. The Kier molecular flexibility index (Phi) is 12.3. The van der Waals surface area contributed by atoms with Crippen molar-refractivity contribution in [2.45, 2.75) is 109 Å². The summed E-state index contributed by atoms with van der Waals surface area (Å²) in [7, 11) is 0. The Hall–Kier alpha value is -3.92. The van der Waals surface area contributed by atoms with Crippen LogP contribution in [0.5, 0.6) is 5.75 Å². The average Bonchev–Trinajstić information content (AvgIpc) is 3.38. The number of hydrogen-bond acceptors (Lipinski definition) is 6. The highest BCUT2D eigenvalue weighted by atomic mass is 16.3. The summed E-state index contributed by atoms with van der Waals surface area (Å²) in [6, 6.07) is 16.8. The van der Waals surface area contributed by atoms with Gasteiger partial charge in [0.2, 0.25) is 0 Å². The minimum absolute atomic E-state index is 0.0174. The van der Waals surface area contributed by atoms with Gasteiger partial charge in [0.15, 0.2) is 0 Å². The Bertz CT molecular complexity index is 1490. The van der Waals surface area contributed by atoms with E-state index in [0.717, 1.165) is 49.8 Å². The van der Waals surface area contributed by atoms with Crippen molar-refractivity contribution in [1.29, 1.82) is 0 Å². The quantitative estimate of drug-likeness (QED) is 0.237. The first-order valence-corrected chi connectivity index (χ1v) is 19.4. The van der Waals surface area contributed by atoms with E-state index in [4.69, 9.17) is 0 Å². The molecule has 1 saturated carbocycles. The van der Waals surface area contributed by atoms with Crippen molar-refractivity contribution >= 4 is 23.6 Å². The molecular weight excluding hydrogens is 642 g/mol. The molecule has 10 nitrogen and oxygen atoms in total. The number of rotatable bonds is 13. The van der Waals surface area contributed by atoms with Crippen molar-refractivity contribution in [3.63, 3.8) is 0 Å². The van der Waals surface area contributed by atoms with Gasteiger partial charge >= 0.3 is 23.6 Å². The molecule has 276 valence electrons. The van der Waals surface area contributed by atoms with Crippen LogP contribution in [-0.4, -0.2) is 112 Å². The van der Waals surface area contributed by atoms with Gasteiger partial charge in [0.25, 0.3) is 0 Å². The van der Waals surface area contributed by atoms with E-state index in [1.54, 1.807) is 17.0 Å². The van der Waals surface area contributed by atoms with Gasteiger partial charge in [0, 0.05) is 44.8 Å². The minimum Gasteiger partial charge on any atom is -0.508 e. The number of piperazine rings is 2. The third kappa shape index (κ3) is 9.31. The lowest BCUT2D eigenvalue weighted by atomic mass is 9.93. The van der Waals surface area contributed by atoms with Crippen LogP contribution in [0.25, 0.3) is 0 Å². The van der Waals surface area contributed by atoms with Gasteiger partial charge in [0.05, 0.1) is 12.1 Å². The maximum Gasteiger partial charge on any atom is 0.312 e. The van der Waals surface area contributed by atoms with Crippen molar-refractivity contribution in [2.75, 3.05) is 39.3 Å². The molecule has 2 aromatic rings. The van der Waals surface area contributed by atoms with E-state index in [1.807, 2.05) is 40.1 Å². The largest absolute Gasteiger partial charge is 0.508 e. The number of carbonyl (C=O) groups is 4. The lowest BCUT2D eigenvalue weighted by Gasteiger charge is -2.46. The Morgan fingerprint density at radius 1 is 0.745 bits per heavy atom. The van der Waals surface area contributed by atoms with Gasteiger partial charge in [-0.25, -0.2) is 0 Å². The summed E-state index contributed by atoms with van der Waals surface area (Å²) in [5, 5.41) is 12.5. The van der Waals surface area contributed by atoms with E-state index in [9.17, 15) is 24.3 Å². The lowest BCUT2D eigenvalue weighted by molar-refractivity contribution is -0.162. The molecule has 4 amide bonds. The smallest absolute Gasteiger partial charge is 0.312 e. The molecule has 0 unspecified atom stereocenters. The molecule has 6 rings (SSSR count). The average molecular weight is 700 g/mol. The zero-order valence-electron chi connectivity index (χ0n) is 30.6. The van der Waals surface area contributed by atoms with E-state index in [-0.39, 0.29) is 35.8 Å². The van der Waals surface area contributed by atoms with Crippen LogP contribution in [0.3, 0.4) is 0 Å². The fourth-order valence-corrected chi connectivity index (χ4v) is 8.95. The Labute approximate surface area is 303 Å².